The van der Waals surface area contributed by atoms with Crippen molar-refractivity contribution in [3.8, 4) is 5.75 Å². The van der Waals surface area contributed by atoms with E-state index in [2.05, 4.69) is 0 Å². The molecule has 0 bridgehead atoms. The van der Waals surface area contributed by atoms with Crippen LogP contribution in [0.1, 0.15) is 12.5 Å². The maximum Gasteiger partial charge on any atom is 0.308 e. The monoisotopic (exact) mass is 264 g/mol. The summed E-state index contributed by atoms with van der Waals surface area (Å²) in [6.07, 6.45) is 0. The highest BCUT2D eigenvalue weighted by Crippen LogP contribution is 2.33. The molecule has 0 radical (unpaired) electrons. The maximum atomic E-state index is 11.9. The van der Waals surface area contributed by atoms with Crippen LogP contribution in [0.4, 0.5) is 5.69 Å². The normalized spacial score (nSPS) is 15.7. The van der Waals surface area contributed by atoms with E-state index in [1.807, 2.05) is 6.07 Å². The van der Waals surface area contributed by atoms with E-state index in [0.717, 1.165) is 5.56 Å². The molecular weight excluding hydrogens is 248 g/mol. The molecule has 1 aliphatic rings. The van der Waals surface area contributed by atoms with Crippen LogP contribution in [0.25, 0.3) is 0 Å². The van der Waals surface area contributed by atoms with Crippen LogP contribution in [0.5, 0.6) is 5.75 Å². The molecule has 19 heavy (non-hydrogen) atoms. The molecule has 1 heterocycles. The van der Waals surface area contributed by atoms with Crippen LogP contribution >= 0.6 is 0 Å². The zero-order valence-electron chi connectivity index (χ0n) is 10.6. The molecule has 0 saturated carbocycles. The zero-order chi connectivity index (χ0) is 14.0. The number of amides is 1. The number of rotatable bonds is 4. The number of hydrogen-bond acceptors (Lipinski definition) is 4. The summed E-state index contributed by atoms with van der Waals surface area (Å²) < 4.78 is 5.33. The van der Waals surface area contributed by atoms with Crippen molar-refractivity contribution in [2.45, 2.75) is 13.5 Å². The van der Waals surface area contributed by atoms with Gasteiger partial charge in [-0.25, -0.2) is 0 Å². The summed E-state index contributed by atoms with van der Waals surface area (Å²) in [5.41, 5.74) is 7.03. The molecular formula is C13H16N2O4. The van der Waals surface area contributed by atoms with E-state index < -0.39 is 11.9 Å². The van der Waals surface area contributed by atoms with Gasteiger partial charge in [0.05, 0.1) is 11.6 Å². The predicted molar refractivity (Wildman–Crippen MR) is 69.0 cm³/mol. The fourth-order valence-electron chi connectivity index (χ4n) is 1.93. The van der Waals surface area contributed by atoms with Crippen molar-refractivity contribution in [1.82, 2.24) is 0 Å². The number of nitrogens with zero attached hydrogens (tertiary/aromatic N) is 1. The number of hydrogen-bond donors (Lipinski definition) is 2. The lowest BCUT2D eigenvalue weighted by Crippen LogP contribution is -2.42. The Bertz CT molecular complexity index is 515. The minimum Gasteiger partial charge on any atom is -0.482 e. The second kappa shape index (κ2) is 5.27. The number of carbonyl (C=O) groups excluding carboxylic acids is 1. The van der Waals surface area contributed by atoms with Crippen LogP contribution in [-0.2, 0) is 16.1 Å². The Hall–Kier alpha value is -2.08. The topological polar surface area (TPSA) is 92.9 Å². The van der Waals surface area contributed by atoms with Crippen LogP contribution in [-0.4, -0.2) is 30.1 Å². The minimum absolute atomic E-state index is 0.0681. The Kier molecular flexibility index (Phi) is 3.71. The van der Waals surface area contributed by atoms with Crippen LogP contribution in [0.15, 0.2) is 18.2 Å². The molecule has 1 amide bonds. The molecule has 0 aliphatic carbocycles. The predicted octanol–water partition coefficient (Wildman–Crippen LogP) is 0.591. The third kappa shape index (κ3) is 2.68. The molecule has 1 aromatic rings. The van der Waals surface area contributed by atoms with Crippen molar-refractivity contribution in [3.63, 3.8) is 0 Å². The number of carboxylic acid groups (broad SMARTS) is 1. The Morgan fingerprint density at radius 3 is 2.95 bits per heavy atom. The number of benzene rings is 1. The Balaban J connectivity index is 2.33. The second-order valence-electron chi connectivity index (χ2n) is 4.54. The minimum atomic E-state index is -0.934. The van der Waals surface area contributed by atoms with Gasteiger partial charge >= 0.3 is 5.97 Å². The first-order chi connectivity index (χ1) is 9.02. The van der Waals surface area contributed by atoms with Gasteiger partial charge in [0.25, 0.3) is 5.91 Å². The van der Waals surface area contributed by atoms with E-state index in [4.69, 9.17) is 15.6 Å². The Morgan fingerprint density at radius 2 is 2.32 bits per heavy atom. The van der Waals surface area contributed by atoms with E-state index >= 15 is 0 Å². The molecule has 6 heteroatoms. The SMILES string of the molecule is CC(CN1C(=O)COc2ccc(CN)cc21)C(=O)O. The highest BCUT2D eigenvalue weighted by atomic mass is 16.5. The lowest BCUT2D eigenvalue weighted by molar-refractivity contribution is -0.140. The number of anilines is 1. The molecule has 1 aliphatic heterocycles. The summed E-state index contributed by atoms with van der Waals surface area (Å²) in [5, 5.41) is 8.96. The van der Waals surface area contributed by atoms with Crippen LogP contribution in [0.2, 0.25) is 0 Å². The van der Waals surface area contributed by atoms with Gasteiger partial charge in [-0.2, -0.15) is 0 Å². The van der Waals surface area contributed by atoms with Crippen LogP contribution < -0.4 is 15.4 Å². The molecule has 2 rings (SSSR count). The van der Waals surface area contributed by atoms with E-state index in [1.54, 1.807) is 19.1 Å². The number of fused-ring (bicyclic) bond motifs is 1. The van der Waals surface area contributed by atoms with Gasteiger partial charge in [0, 0.05) is 13.1 Å². The van der Waals surface area contributed by atoms with Crippen LogP contribution in [0.3, 0.4) is 0 Å². The number of ether oxygens (including phenoxy) is 1. The molecule has 1 aromatic carbocycles. The van der Waals surface area contributed by atoms with Gasteiger partial charge in [-0.15, -0.1) is 0 Å². The van der Waals surface area contributed by atoms with Crippen molar-refractivity contribution in [2.24, 2.45) is 11.7 Å². The molecule has 0 aromatic heterocycles. The van der Waals surface area contributed by atoms with Crippen molar-refractivity contribution >= 4 is 17.6 Å². The third-order valence-electron chi connectivity index (χ3n) is 3.08. The fraction of sp³-hybridized carbons (Fsp3) is 0.385. The van der Waals surface area contributed by atoms with E-state index in [-0.39, 0.29) is 19.1 Å². The van der Waals surface area contributed by atoms with Gasteiger partial charge in [0.2, 0.25) is 0 Å². The molecule has 0 spiro atoms. The van der Waals surface area contributed by atoms with Crippen molar-refractivity contribution in [2.75, 3.05) is 18.1 Å². The first-order valence-electron chi connectivity index (χ1n) is 6.02. The summed E-state index contributed by atoms with van der Waals surface area (Å²) in [5.74, 6) is -1.24. The highest BCUT2D eigenvalue weighted by molar-refractivity contribution is 5.98. The van der Waals surface area contributed by atoms with Crippen LogP contribution in [0, 0.1) is 5.92 Å². The van der Waals surface area contributed by atoms with Gasteiger partial charge in [-0.05, 0) is 17.7 Å². The van der Waals surface area contributed by atoms with Crippen molar-refractivity contribution in [1.29, 1.82) is 0 Å². The van der Waals surface area contributed by atoms with E-state index in [1.165, 1.54) is 4.90 Å². The fourth-order valence-corrected chi connectivity index (χ4v) is 1.93. The third-order valence-corrected chi connectivity index (χ3v) is 3.08. The smallest absolute Gasteiger partial charge is 0.308 e. The molecule has 1 unspecified atom stereocenters. The number of aliphatic carboxylic acids is 1. The number of carbonyl (C=O) groups is 2. The quantitative estimate of drug-likeness (QED) is 0.830. The number of carboxylic acids is 1. The summed E-state index contributed by atoms with van der Waals surface area (Å²) in [7, 11) is 0. The molecule has 0 saturated heterocycles. The summed E-state index contributed by atoms with van der Waals surface area (Å²) >= 11 is 0. The molecule has 0 fully saturated rings. The molecule has 102 valence electrons. The van der Waals surface area contributed by atoms with Gasteiger partial charge in [0.15, 0.2) is 6.61 Å². The summed E-state index contributed by atoms with van der Waals surface area (Å²) in [6, 6.07) is 5.34. The lowest BCUT2D eigenvalue weighted by Gasteiger charge is -2.30. The van der Waals surface area contributed by atoms with Crippen molar-refractivity contribution in [3.05, 3.63) is 23.8 Å². The Morgan fingerprint density at radius 1 is 1.58 bits per heavy atom. The van der Waals surface area contributed by atoms with E-state index in [9.17, 15) is 9.59 Å². The molecule has 6 nitrogen and oxygen atoms in total. The van der Waals surface area contributed by atoms with Gasteiger partial charge in [0.1, 0.15) is 5.75 Å². The first kappa shape index (κ1) is 13.4. The highest BCUT2D eigenvalue weighted by Gasteiger charge is 2.28. The Labute approximate surface area is 110 Å². The lowest BCUT2D eigenvalue weighted by atomic mass is 10.1. The molecule has 3 N–H and O–H groups in total. The zero-order valence-corrected chi connectivity index (χ0v) is 10.6. The standard InChI is InChI=1S/C13H16N2O4/c1-8(13(17)18)6-15-10-4-9(5-14)2-3-11(10)19-7-12(15)16/h2-4,8H,5-7,14H2,1H3,(H,17,18). The second-order valence-corrected chi connectivity index (χ2v) is 4.54. The molecule has 1 atom stereocenters. The van der Waals surface area contributed by atoms with Crippen molar-refractivity contribution < 1.29 is 19.4 Å². The van der Waals surface area contributed by atoms with Gasteiger partial charge in [-0.1, -0.05) is 13.0 Å². The largest absolute Gasteiger partial charge is 0.482 e. The van der Waals surface area contributed by atoms with Gasteiger partial charge in [-0.3, -0.25) is 9.59 Å². The summed E-state index contributed by atoms with van der Waals surface area (Å²) in [4.78, 5) is 24.3. The number of nitrogens with two attached hydrogens (primary N) is 1. The maximum absolute atomic E-state index is 11.9. The average molecular weight is 264 g/mol. The first-order valence-corrected chi connectivity index (χ1v) is 6.02. The average Bonchev–Trinajstić information content (AvgIpc) is 2.41. The van der Waals surface area contributed by atoms with Gasteiger partial charge < -0.3 is 20.5 Å². The summed E-state index contributed by atoms with van der Waals surface area (Å²) in [6.45, 7) is 1.97. The van der Waals surface area contributed by atoms with E-state index in [0.29, 0.717) is 18.0 Å².